The van der Waals surface area contributed by atoms with E-state index in [1.165, 1.54) is 4.90 Å². The van der Waals surface area contributed by atoms with E-state index in [9.17, 15) is 14.4 Å². The van der Waals surface area contributed by atoms with Crippen LogP contribution in [0.25, 0.3) is 0 Å². The van der Waals surface area contributed by atoms with Crippen molar-refractivity contribution in [2.75, 3.05) is 20.8 Å². The highest BCUT2D eigenvalue weighted by molar-refractivity contribution is 6.21. The third kappa shape index (κ3) is 4.23. The number of benzene rings is 2. The van der Waals surface area contributed by atoms with E-state index in [0.717, 1.165) is 5.56 Å². The van der Waals surface area contributed by atoms with Gasteiger partial charge in [-0.05, 0) is 43.7 Å². The van der Waals surface area contributed by atoms with Gasteiger partial charge in [-0.3, -0.25) is 19.3 Å². The first-order valence-electron chi connectivity index (χ1n) is 9.42. The molecule has 0 radical (unpaired) electrons. The van der Waals surface area contributed by atoms with Crippen molar-refractivity contribution in [2.45, 2.75) is 25.8 Å². The van der Waals surface area contributed by atoms with Gasteiger partial charge in [0.15, 0.2) is 0 Å². The summed E-state index contributed by atoms with van der Waals surface area (Å²) in [6, 6.07) is 11.9. The van der Waals surface area contributed by atoms with Crippen molar-refractivity contribution in [2.24, 2.45) is 0 Å². The van der Waals surface area contributed by atoms with Crippen LogP contribution in [-0.4, -0.2) is 43.4 Å². The first-order chi connectivity index (χ1) is 14.0. The summed E-state index contributed by atoms with van der Waals surface area (Å²) in [6.45, 7) is 2.07. The summed E-state index contributed by atoms with van der Waals surface area (Å²) in [5.41, 5.74) is 1.64. The van der Waals surface area contributed by atoms with Crippen LogP contribution < -0.4 is 14.8 Å². The van der Waals surface area contributed by atoms with E-state index < -0.39 is 0 Å². The van der Waals surface area contributed by atoms with Crippen molar-refractivity contribution in [1.82, 2.24) is 10.2 Å². The fraction of sp³-hybridized carbons (Fsp3) is 0.318. The highest BCUT2D eigenvalue weighted by Crippen LogP contribution is 2.29. The SMILES string of the molecule is COc1ccc(OC)c([C@H](C)NC(=O)CCCN2C(=O)c3ccccc3C2=O)c1. The molecule has 0 unspecified atom stereocenters. The molecule has 7 heteroatoms. The molecule has 3 amide bonds. The van der Waals surface area contributed by atoms with Gasteiger partial charge >= 0.3 is 0 Å². The maximum atomic E-state index is 12.4. The first-order valence-corrected chi connectivity index (χ1v) is 9.42. The number of methoxy groups -OCH3 is 2. The van der Waals surface area contributed by atoms with Gasteiger partial charge in [0.05, 0.1) is 31.4 Å². The smallest absolute Gasteiger partial charge is 0.261 e. The first kappa shape index (κ1) is 20.4. The van der Waals surface area contributed by atoms with Crippen molar-refractivity contribution >= 4 is 17.7 Å². The van der Waals surface area contributed by atoms with Crippen LogP contribution in [0.3, 0.4) is 0 Å². The van der Waals surface area contributed by atoms with Crippen LogP contribution in [0.15, 0.2) is 42.5 Å². The molecule has 1 heterocycles. The monoisotopic (exact) mass is 396 g/mol. The Labute approximate surface area is 169 Å². The molecule has 1 aliphatic heterocycles. The van der Waals surface area contributed by atoms with Crippen molar-refractivity contribution < 1.29 is 23.9 Å². The number of nitrogens with one attached hydrogen (secondary N) is 1. The average Bonchev–Trinajstić information content (AvgIpc) is 2.98. The van der Waals surface area contributed by atoms with Crippen LogP contribution in [0.1, 0.15) is 52.1 Å². The van der Waals surface area contributed by atoms with Crippen LogP contribution in [-0.2, 0) is 4.79 Å². The maximum absolute atomic E-state index is 12.4. The number of imide groups is 1. The number of hydrogen-bond acceptors (Lipinski definition) is 5. The Morgan fingerprint density at radius 1 is 1.03 bits per heavy atom. The van der Waals surface area contributed by atoms with Gasteiger partial charge in [0.2, 0.25) is 5.91 Å². The zero-order chi connectivity index (χ0) is 21.0. The van der Waals surface area contributed by atoms with Gasteiger partial charge in [-0.15, -0.1) is 0 Å². The van der Waals surface area contributed by atoms with Gasteiger partial charge in [-0.1, -0.05) is 12.1 Å². The van der Waals surface area contributed by atoms with Crippen LogP contribution in [0.5, 0.6) is 11.5 Å². The van der Waals surface area contributed by atoms with Gasteiger partial charge in [-0.2, -0.15) is 0 Å². The van der Waals surface area contributed by atoms with Crippen LogP contribution in [0.4, 0.5) is 0 Å². The Bertz CT molecular complexity index is 906. The highest BCUT2D eigenvalue weighted by atomic mass is 16.5. The summed E-state index contributed by atoms with van der Waals surface area (Å²) in [7, 11) is 3.15. The number of amides is 3. The molecule has 0 saturated heterocycles. The van der Waals surface area contributed by atoms with Crippen molar-refractivity contribution in [3.05, 3.63) is 59.2 Å². The number of rotatable bonds is 8. The van der Waals surface area contributed by atoms with Gasteiger partial charge in [0.25, 0.3) is 11.8 Å². The van der Waals surface area contributed by atoms with E-state index in [2.05, 4.69) is 5.32 Å². The zero-order valence-electron chi connectivity index (χ0n) is 16.7. The Morgan fingerprint density at radius 3 is 2.28 bits per heavy atom. The molecule has 3 rings (SSSR count). The van der Waals surface area contributed by atoms with E-state index in [0.29, 0.717) is 29.0 Å². The highest BCUT2D eigenvalue weighted by Gasteiger charge is 2.34. The lowest BCUT2D eigenvalue weighted by atomic mass is 10.1. The summed E-state index contributed by atoms with van der Waals surface area (Å²) in [6.07, 6.45) is 0.587. The second-order valence-electron chi connectivity index (χ2n) is 6.81. The molecule has 1 N–H and O–H groups in total. The summed E-state index contributed by atoms with van der Waals surface area (Å²) >= 11 is 0. The molecule has 0 aromatic heterocycles. The number of nitrogens with zero attached hydrogens (tertiary/aromatic N) is 1. The predicted molar refractivity (Wildman–Crippen MR) is 107 cm³/mol. The normalized spacial score (nSPS) is 13.8. The molecule has 2 aromatic rings. The topological polar surface area (TPSA) is 84.9 Å². The minimum Gasteiger partial charge on any atom is -0.497 e. The zero-order valence-corrected chi connectivity index (χ0v) is 16.7. The van der Waals surface area contributed by atoms with Crippen molar-refractivity contribution in [1.29, 1.82) is 0 Å². The van der Waals surface area contributed by atoms with Crippen molar-refractivity contribution in [3.8, 4) is 11.5 Å². The quantitative estimate of drug-likeness (QED) is 0.694. The molecule has 0 saturated carbocycles. The minimum absolute atomic E-state index is 0.168. The van der Waals surface area contributed by atoms with Gasteiger partial charge in [-0.25, -0.2) is 0 Å². The molecular weight excluding hydrogens is 372 g/mol. The molecule has 7 nitrogen and oxygen atoms in total. The molecule has 0 bridgehead atoms. The summed E-state index contributed by atoms with van der Waals surface area (Å²) in [4.78, 5) is 38.3. The second-order valence-corrected chi connectivity index (χ2v) is 6.81. The molecule has 152 valence electrons. The number of fused-ring (bicyclic) bond motifs is 1. The Kier molecular flexibility index (Phi) is 6.16. The Balaban J connectivity index is 1.55. The van der Waals surface area contributed by atoms with E-state index in [1.54, 1.807) is 50.6 Å². The molecule has 0 fully saturated rings. The summed E-state index contributed by atoms with van der Waals surface area (Å²) in [5.74, 6) is 0.553. The van der Waals surface area contributed by atoms with E-state index in [4.69, 9.17) is 9.47 Å². The fourth-order valence-electron chi connectivity index (χ4n) is 3.41. The molecule has 1 aliphatic rings. The summed E-state index contributed by atoms with van der Waals surface area (Å²) in [5, 5.41) is 2.92. The number of ether oxygens (including phenoxy) is 2. The molecule has 2 aromatic carbocycles. The summed E-state index contributed by atoms with van der Waals surface area (Å²) < 4.78 is 10.6. The number of carbonyl (C=O) groups excluding carboxylic acids is 3. The lowest BCUT2D eigenvalue weighted by Gasteiger charge is -2.19. The lowest BCUT2D eigenvalue weighted by Crippen LogP contribution is -2.32. The van der Waals surface area contributed by atoms with Gasteiger partial charge in [0, 0.05) is 18.5 Å². The Morgan fingerprint density at radius 2 is 1.69 bits per heavy atom. The van der Waals surface area contributed by atoms with E-state index >= 15 is 0 Å². The lowest BCUT2D eigenvalue weighted by molar-refractivity contribution is -0.121. The van der Waals surface area contributed by atoms with E-state index in [-0.39, 0.29) is 36.7 Å². The van der Waals surface area contributed by atoms with E-state index in [1.807, 2.05) is 13.0 Å². The molecular formula is C22H24N2O5. The second kappa shape index (κ2) is 8.77. The predicted octanol–water partition coefficient (Wildman–Crippen LogP) is 2.96. The van der Waals surface area contributed by atoms with Crippen LogP contribution >= 0.6 is 0 Å². The average molecular weight is 396 g/mol. The molecule has 29 heavy (non-hydrogen) atoms. The fourth-order valence-corrected chi connectivity index (χ4v) is 3.41. The number of carbonyl (C=O) groups is 3. The third-order valence-electron chi connectivity index (χ3n) is 4.94. The van der Waals surface area contributed by atoms with Crippen molar-refractivity contribution in [3.63, 3.8) is 0 Å². The Hall–Kier alpha value is -3.35. The molecule has 0 aliphatic carbocycles. The standard InChI is InChI=1S/C22H24N2O5/c1-14(18-13-15(28-2)10-11-19(18)29-3)23-20(25)9-6-12-24-21(26)16-7-4-5-8-17(16)22(24)27/h4-5,7-8,10-11,13-14H,6,9,12H2,1-3H3,(H,23,25)/t14-/m0/s1. The van der Waals surface area contributed by atoms with Gasteiger partial charge < -0.3 is 14.8 Å². The minimum atomic E-state index is -0.305. The van der Waals surface area contributed by atoms with Crippen LogP contribution in [0, 0.1) is 0 Å². The maximum Gasteiger partial charge on any atom is 0.261 e. The molecule has 0 spiro atoms. The molecule has 1 atom stereocenters. The largest absolute Gasteiger partial charge is 0.497 e. The third-order valence-corrected chi connectivity index (χ3v) is 4.94. The van der Waals surface area contributed by atoms with Crippen LogP contribution in [0.2, 0.25) is 0 Å². The number of hydrogen-bond donors (Lipinski definition) is 1. The van der Waals surface area contributed by atoms with Gasteiger partial charge in [0.1, 0.15) is 11.5 Å².